The van der Waals surface area contributed by atoms with Gasteiger partial charge in [0.25, 0.3) is 0 Å². The molecule has 0 saturated heterocycles. The summed E-state index contributed by atoms with van der Waals surface area (Å²) in [6.07, 6.45) is 1.69. The van der Waals surface area contributed by atoms with Gasteiger partial charge in [-0.1, -0.05) is 0 Å². The average molecular weight is 253 g/mol. The molecule has 0 saturated carbocycles. The largest absolute Gasteiger partial charge is 0.397 e. The number of aryl methyl sites for hydroxylation is 1. The highest BCUT2D eigenvalue weighted by atomic mass is 16.5. The molecule has 0 unspecified atom stereocenters. The van der Waals surface area contributed by atoms with Crippen LogP contribution in [0.2, 0.25) is 0 Å². The Morgan fingerprint density at radius 1 is 1.44 bits per heavy atom. The number of aliphatic hydroxyl groups excluding tert-OH is 1. The first kappa shape index (κ1) is 14.7. The van der Waals surface area contributed by atoms with E-state index in [1.165, 1.54) is 0 Å². The summed E-state index contributed by atoms with van der Waals surface area (Å²) in [4.78, 5) is 6.51. The number of nitrogens with zero attached hydrogens (tertiary/aromatic N) is 2. The second-order valence-electron chi connectivity index (χ2n) is 4.52. The zero-order valence-corrected chi connectivity index (χ0v) is 11.4. The lowest BCUT2D eigenvalue weighted by Gasteiger charge is -2.28. The zero-order chi connectivity index (χ0) is 13.5. The van der Waals surface area contributed by atoms with Crippen molar-refractivity contribution >= 4 is 11.5 Å². The van der Waals surface area contributed by atoms with Gasteiger partial charge >= 0.3 is 0 Å². The smallest absolute Gasteiger partial charge is 0.129 e. The number of rotatable bonds is 7. The summed E-state index contributed by atoms with van der Waals surface area (Å²) in [7, 11) is 0. The number of nitrogens with two attached hydrogens (primary N) is 1. The molecule has 0 amide bonds. The van der Waals surface area contributed by atoms with Crippen LogP contribution in [0, 0.1) is 6.92 Å². The van der Waals surface area contributed by atoms with Gasteiger partial charge in [-0.15, -0.1) is 0 Å². The molecule has 0 aliphatic heterocycles. The first-order valence-electron chi connectivity index (χ1n) is 6.23. The minimum Gasteiger partial charge on any atom is -0.397 e. The fraction of sp³-hybridized carbons (Fsp3) is 0.615. The van der Waals surface area contributed by atoms with Crippen LogP contribution >= 0.6 is 0 Å². The van der Waals surface area contributed by atoms with E-state index in [0.717, 1.165) is 17.9 Å². The second-order valence-corrected chi connectivity index (χ2v) is 4.52. The first-order chi connectivity index (χ1) is 8.56. The second kappa shape index (κ2) is 7.18. The molecule has 18 heavy (non-hydrogen) atoms. The number of nitrogen functional groups attached to an aromatic ring is 1. The Balaban J connectivity index is 2.68. The summed E-state index contributed by atoms with van der Waals surface area (Å²) in [5.74, 6) is 0.907. The van der Waals surface area contributed by atoms with Gasteiger partial charge in [-0.3, -0.25) is 0 Å². The van der Waals surface area contributed by atoms with Crippen LogP contribution in [0.15, 0.2) is 12.3 Å². The standard InChI is InChI=1S/C13H23N3O2/c1-10(2)16(4-6-18-7-5-17)13-8-11(3)12(14)9-15-13/h8-10,17H,4-7,14H2,1-3H3. The highest BCUT2D eigenvalue weighted by Gasteiger charge is 2.12. The summed E-state index contributed by atoms with van der Waals surface area (Å²) >= 11 is 0. The van der Waals surface area contributed by atoms with E-state index in [4.69, 9.17) is 15.6 Å². The van der Waals surface area contributed by atoms with Gasteiger partial charge in [0.05, 0.1) is 31.7 Å². The van der Waals surface area contributed by atoms with E-state index in [2.05, 4.69) is 23.7 Å². The zero-order valence-electron chi connectivity index (χ0n) is 11.4. The number of ether oxygens (including phenoxy) is 1. The SMILES string of the molecule is Cc1cc(N(CCOCCO)C(C)C)ncc1N. The van der Waals surface area contributed by atoms with Crippen molar-refractivity contribution in [2.24, 2.45) is 0 Å². The normalized spacial score (nSPS) is 10.9. The maximum Gasteiger partial charge on any atom is 0.129 e. The van der Waals surface area contributed by atoms with E-state index in [1.807, 2.05) is 13.0 Å². The van der Waals surface area contributed by atoms with Gasteiger partial charge in [0.2, 0.25) is 0 Å². The van der Waals surface area contributed by atoms with Gasteiger partial charge in [0, 0.05) is 12.6 Å². The average Bonchev–Trinajstić information content (AvgIpc) is 2.32. The van der Waals surface area contributed by atoms with E-state index in [9.17, 15) is 0 Å². The molecule has 0 aliphatic rings. The molecule has 0 radical (unpaired) electrons. The Hall–Kier alpha value is -1.33. The van der Waals surface area contributed by atoms with E-state index in [1.54, 1.807) is 6.20 Å². The Labute approximate surface area is 109 Å². The topological polar surface area (TPSA) is 71.6 Å². The predicted molar refractivity (Wildman–Crippen MR) is 73.8 cm³/mol. The van der Waals surface area contributed by atoms with Gasteiger partial charge in [0.15, 0.2) is 0 Å². The lowest BCUT2D eigenvalue weighted by atomic mass is 10.2. The summed E-state index contributed by atoms with van der Waals surface area (Å²) in [6.45, 7) is 7.94. The first-order valence-corrected chi connectivity index (χ1v) is 6.23. The molecule has 102 valence electrons. The maximum absolute atomic E-state index is 8.66. The van der Waals surface area contributed by atoms with Crippen LogP contribution in [-0.4, -0.2) is 42.5 Å². The highest BCUT2D eigenvalue weighted by molar-refractivity contribution is 5.52. The van der Waals surface area contributed by atoms with Crippen molar-refractivity contribution in [2.45, 2.75) is 26.8 Å². The predicted octanol–water partition coefficient (Wildman–Crippen LogP) is 1.20. The molecular formula is C13H23N3O2. The van der Waals surface area contributed by atoms with Crippen molar-refractivity contribution < 1.29 is 9.84 Å². The van der Waals surface area contributed by atoms with Crippen molar-refractivity contribution in [2.75, 3.05) is 37.0 Å². The van der Waals surface area contributed by atoms with E-state index in [0.29, 0.717) is 24.9 Å². The van der Waals surface area contributed by atoms with Crippen LogP contribution in [0.1, 0.15) is 19.4 Å². The Bertz CT molecular complexity index is 369. The molecule has 1 heterocycles. The molecule has 1 rings (SSSR count). The molecule has 0 aromatic carbocycles. The molecule has 0 atom stereocenters. The van der Waals surface area contributed by atoms with Gasteiger partial charge < -0.3 is 20.5 Å². The molecule has 5 nitrogen and oxygen atoms in total. The van der Waals surface area contributed by atoms with Gasteiger partial charge in [0.1, 0.15) is 5.82 Å². The van der Waals surface area contributed by atoms with Crippen LogP contribution in [0.25, 0.3) is 0 Å². The Kier molecular flexibility index (Phi) is 5.88. The number of hydrogen-bond donors (Lipinski definition) is 2. The van der Waals surface area contributed by atoms with Gasteiger partial charge in [-0.25, -0.2) is 4.98 Å². The lowest BCUT2D eigenvalue weighted by molar-refractivity contribution is 0.0960. The van der Waals surface area contributed by atoms with Crippen molar-refractivity contribution in [3.8, 4) is 0 Å². The van der Waals surface area contributed by atoms with Crippen molar-refractivity contribution in [1.29, 1.82) is 0 Å². The molecular weight excluding hydrogens is 230 g/mol. The summed E-state index contributed by atoms with van der Waals surface area (Å²) in [5.41, 5.74) is 7.51. The van der Waals surface area contributed by atoms with Crippen LogP contribution in [0.3, 0.4) is 0 Å². The summed E-state index contributed by atoms with van der Waals surface area (Å²) in [6, 6.07) is 2.32. The molecule has 1 aromatic rings. The minimum absolute atomic E-state index is 0.0565. The summed E-state index contributed by atoms with van der Waals surface area (Å²) < 4.78 is 5.29. The van der Waals surface area contributed by atoms with Crippen molar-refractivity contribution in [3.63, 3.8) is 0 Å². The molecule has 1 aromatic heterocycles. The third kappa shape index (κ3) is 4.16. The number of pyridine rings is 1. The monoisotopic (exact) mass is 253 g/mol. The van der Waals surface area contributed by atoms with Gasteiger partial charge in [-0.05, 0) is 32.4 Å². The molecule has 5 heteroatoms. The third-order valence-electron chi connectivity index (χ3n) is 2.77. The fourth-order valence-corrected chi connectivity index (χ4v) is 1.68. The molecule has 0 fully saturated rings. The van der Waals surface area contributed by atoms with E-state index >= 15 is 0 Å². The van der Waals surface area contributed by atoms with Crippen LogP contribution in [-0.2, 0) is 4.74 Å². The molecule has 0 spiro atoms. The van der Waals surface area contributed by atoms with Crippen molar-refractivity contribution in [1.82, 2.24) is 4.98 Å². The Morgan fingerprint density at radius 3 is 2.72 bits per heavy atom. The van der Waals surface area contributed by atoms with Crippen LogP contribution < -0.4 is 10.6 Å². The number of anilines is 2. The van der Waals surface area contributed by atoms with Crippen LogP contribution in [0.5, 0.6) is 0 Å². The van der Waals surface area contributed by atoms with E-state index < -0.39 is 0 Å². The van der Waals surface area contributed by atoms with Gasteiger partial charge in [-0.2, -0.15) is 0 Å². The quantitative estimate of drug-likeness (QED) is 0.714. The maximum atomic E-state index is 8.66. The lowest BCUT2D eigenvalue weighted by Crippen LogP contribution is -2.34. The third-order valence-corrected chi connectivity index (χ3v) is 2.77. The van der Waals surface area contributed by atoms with E-state index in [-0.39, 0.29) is 6.61 Å². The number of aliphatic hydroxyl groups is 1. The molecule has 0 bridgehead atoms. The minimum atomic E-state index is 0.0565. The number of hydrogen-bond acceptors (Lipinski definition) is 5. The number of aromatic nitrogens is 1. The molecule has 0 aliphatic carbocycles. The van der Waals surface area contributed by atoms with Crippen LogP contribution in [0.4, 0.5) is 11.5 Å². The Morgan fingerprint density at radius 2 is 2.17 bits per heavy atom. The molecule has 3 N–H and O–H groups in total. The fourth-order valence-electron chi connectivity index (χ4n) is 1.68. The highest BCUT2D eigenvalue weighted by Crippen LogP contribution is 2.18. The van der Waals surface area contributed by atoms with Crippen molar-refractivity contribution in [3.05, 3.63) is 17.8 Å². The summed E-state index contributed by atoms with van der Waals surface area (Å²) in [5, 5.41) is 8.66.